The second kappa shape index (κ2) is 11.5. The molecule has 4 rings (SSSR count). The highest BCUT2D eigenvalue weighted by Crippen LogP contribution is 2.49. The van der Waals surface area contributed by atoms with Crippen LogP contribution in [0.25, 0.3) is 0 Å². The van der Waals surface area contributed by atoms with Crippen molar-refractivity contribution in [3.8, 4) is 11.5 Å². The van der Waals surface area contributed by atoms with Crippen molar-refractivity contribution in [3.63, 3.8) is 0 Å². The van der Waals surface area contributed by atoms with E-state index < -0.39 is 5.82 Å². The normalized spacial score (nSPS) is 32.3. The monoisotopic (exact) mass is 456 g/mol. The molecule has 182 valence electrons. The Morgan fingerprint density at radius 3 is 2.33 bits per heavy atom. The molecule has 1 aromatic rings. The topological polar surface area (TPSA) is 35.5 Å². The molecular formula is C29H41FO3. The van der Waals surface area contributed by atoms with Crippen LogP contribution < -0.4 is 9.47 Å². The van der Waals surface area contributed by atoms with Crippen LogP contribution in [0.15, 0.2) is 30.4 Å². The van der Waals surface area contributed by atoms with Crippen LogP contribution in [-0.2, 0) is 4.79 Å². The fraction of sp³-hybridized carbons (Fsp3) is 0.690. The number of allylic oxidation sites excluding steroid dienone is 1. The molecule has 4 heteroatoms. The van der Waals surface area contributed by atoms with Gasteiger partial charge in [-0.3, -0.25) is 4.79 Å². The largest absolute Gasteiger partial charge is 0.486 e. The molecule has 0 saturated heterocycles. The molecule has 3 aliphatic carbocycles. The molecule has 33 heavy (non-hydrogen) atoms. The highest BCUT2D eigenvalue weighted by Gasteiger charge is 2.39. The molecule has 4 atom stereocenters. The lowest BCUT2D eigenvalue weighted by Gasteiger charge is -2.45. The van der Waals surface area contributed by atoms with Gasteiger partial charge >= 0.3 is 5.97 Å². The van der Waals surface area contributed by atoms with E-state index in [-0.39, 0.29) is 23.4 Å². The van der Waals surface area contributed by atoms with E-state index in [2.05, 4.69) is 6.92 Å². The van der Waals surface area contributed by atoms with Crippen LogP contribution in [0.2, 0.25) is 0 Å². The standard InChI is InChI=1S/C29H41FO3/c1-3-5-16-32-28-15-14-26(19-27(28)30)33-29(31)22-10-8-21(9-11-22)24-13-12-23-17-20(4-2)6-7-25(23)18-24/h3,5,14-15,19-25H,4,6-13,16-18H2,1-2H3/b5-3+. The molecule has 0 N–H and O–H groups in total. The van der Waals surface area contributed by atoms with Gasteiger partial charge in [0.15, 0.2) is 11.6 Å². The molecule has 3 saturated carbocycles. The number of hydrogen-bond acceptors (Lipinski definition) is 3. The van der Waals surface area contributed by atoms with Gasteiger partial charge in [0.05, 0.1) is 5.92 Å². The predicted molar refractivity (Wildman–Crippen MR) is 130 cm³/mol. The summed E-state index contributed by atoms with van der Waals surface area (Å²) >= 11 is 0. The Labute approximate surface area is 199 Å². The first-order chi connectivity index (χ1) is 16.1. The molecule has 0 amide bonds. The fourth-order valence-electron chi connectivity index (χ4n) is 6.74. The van der Waals surface area contributed by atoms with Gasteiger partial charge in [-0.2, -0.15) is 0 Å². The zero-order chi connectivity index (χ0) is 23.2. The minimum absolute atomic E-state index is 0.0636. The average Bonchev–Trinajstić information content (AvgIpc) is 2.85. The summed E-state index contributed by atoms with van der Waals surface area (Å²) in [6.07, 6.45) is 17.7. The third-order valence-corrected chi connectivity index (χ3v) is 8.80. The third kappa shape index (κ3) is 6.19. The van der Waals surface area contributed by atoms with Crippen molar-refractivity contribution in [2.24, 2.45) is 35.5 Å². The quantitative estimate of drug-likeness (QED) is 0.239. The van der Waals surface area contributed by atoms with Crippen LogP contribution in [0.1, 0.15) is 84.5 Å². The lowest BCUT2D eigenvalue weighted by Crippen LogP contribution is -2.35. The number of fused-ring (bicyclic) bond motifs is 1. The number of rotatable bonds is 7. The van der Waals surface area contributed by atoms with E-state index in [1.165, 1.54) is 57.1 Å². The van der Waals surface area contributed by atoms with Crippen LogP contribution in [0, 0.1) is 41.3 Å². The maximum absolute atomic E-state index is 14.2. The Hall–Kier alpha value is -1.84. The summed E-state index contributed by atoms with van der Waals surface area (Å²) in [5, 5.41) is 0. The smallest absolute Gasteiger partial charge is 0.314 e. The maximum Gasteiger partial charge on any atom is 0.314 e. The van der Waals surface area contributed by atoms with E-state index in [1.54, 1.807) is 6.07 Å². The van der Waals surface area contributed by atoms with Crippen LogP contribution in [0.5, 0.6) is 11.5 Å². The molecule has 0 spiro atoms. The third-order valence-electron chi connectivity index (χ3n) is 8.80. The second-order valence-electron chi connectivity index (χ2n) is 10.7. The van der Waals surface area contributed by atoms with Gasteiger partial charge in [-0.25, -0.2) is 4.39 Å². The summed E-state index contributed by atoms with van der Waals surface area (Å²) in [6.45, 7) is 4.56. The summed E-state index contributed by atoms with van der Waals surface area (Å²) in [6, 6.07) is 4.40. The van der Waals surface area contributed by atoms with Gasteiger partial charge in [-0.15, -0.1) is 0 Å². The van der Waals surface area contributed by atoms with Crippen molar-refractivity contribution in [2.45, 2.75) is 84.5 Å². The Balaban J connectivity index is 1.23. The van der Waals surface area contributed by atoms with Crippen LogP contribution in [-0.4, -0.2) is 12.6 Å². The lowest BCUT2D eigenvalue weighted by molar-refractivity contribution is -0.140. The molecule has 0 radical (unpaired) electrons. The van der Waals surface area contributed by atoms with E-state index in [0.717, 1.165) is 55.3 Å². The number of benzene rings is 1. The van der Waals surface area contributed by atoms with Gasteiger partial charge < -0.3 is 9.47 Å². The zero-order valence-corrected chi connectivity index (χ0v) is 20.4. The van der Waals surface area contributed by atoms with E-state index in [4.69, 9.17) is 9.47 Å². The highest BCUT2D eigenvalue weighted by molar-refractivity contribution is 5.75. The molecule has 3 aliphatic rings. The number of hydrogen-bond donors (Lipinski definition) is 0. The summed E-state index contributed by atoms with van der Waals surface area (Å²) in [5.41, 5.74) is 0. The Morgan fingerprint density at radius 1 is 0.970 bits per heavy atom. The van der Waals surface area contributed by atoms with Gasteiger partial charge in [0.1, 0.15) is 12.4 Å². The minimum atomic E-state index is -0.503. The van der Waals surface area contributed by atoms with Gasteiger partial charge in [-0.05, 0) is 106 Å². The molecule has 0 bridgehead atoms. The number of carbonyl (C=O) groups is 1. The Kier molecular flexibility index (Phi) is 8.49. The van der Waals surface area contributed by atoms with Crippen molar-refractivity contribution in [2.75, 3.05) is 6.61 Å². The number of ether oxygens (including phenoxy) is 2. The molecule has 4 unspecified atom stereocenters. The molecule has 1 aromatic carbocycles. The van der Waals surface area contributed by atoms with Crippen molar-refractivity contribution < 1.29 is 18.7 Å². The highest BCUT2D eigenvalue weighted by atomic mass is 19.1. The minimum Gasteiger partial charge on any atom is -0.486 e. The number of esters is 1. The molecule has 0 heterocycles. The summed E-state index contributed by atoms with van der Waals surface area (Å²) in [4.78, 5) is 12.7. The van der Waals surface area contributed by atoms with Crippen LogP contribution in [0.4, 0.5) is 4.39 Å². The van der Waals surface area contributed by atoms with Crippen LogP contribution >= 0.6 is 0 Å². The summed E-state index contributed by atoms with van der Waals surface area (Å²) in [7, 11) is 0. The van der Waals surface area contributed by atoms with Gasteiger partial charge in [0.25, 0.3) is 0 Å². The first kappa shape index (κ1) is 24.3. The van der Waals surface area contributed by atoms with E-state index >= 15 is 0 Å². The fourth-order valence-corrected chi connectivity index (χ4v) is 6.74. The molecule has 0 aromatic heterocycles. The first-order valence-electron chi connectivity index (χ1n) is 13.3. The molecular weight excluding hydrogens is 415 g/mol. The predicted octanol–water partition coefficient (Wildman–Crippen LogP) is 7.74. The van der Waals surface area contributed by atoms with Gasteiger partial charge in [0, 0.05) is 6.07 Å². The molecule has 3 nitrogen and oxygen atoms in total. The zero-order valence-electron chi connectivity index (χ0n) is 20.4. The van der Waals surface area contributed by atoms with Crippen molar-refractivity contribution in [1.82, 2.24) is 0 Å². The Morgan fingerprint density at radius 2 is 1.64 bits per heavy atom. The van der Waals surface area contributed by atoms with Gasteiger partial charge in [0.2, 0.25) is 0 Å². The van der Waals surface area contributed by atoms with Gasteiger partial charge in [-0.1, -0.05) is 31.9 Å². The molecule has 3 fully saturated rings. The summed E-state index contributed by atoms with van der Waals surface area (Å²) in [5.74, 6) is 4.18. The maximum atomic E-state index is 14.2. The second-order valence-corrected chi connectivity index (χ2v) is 10.7. The van der Waals surface area contributed by atoms with Crippen molar-refractivity contribution >= 4 is 5.97 Å². The summed E-state index contributed by atoms with van der Waals surface area (Å²) < 4.78 is 25.2. The number of halogens is 1. The average molecular weight is 457 g/mol. The lowest BCUT2D eigenvalue weighted by atomic mass is 9.61. The Bertz CT molecular complexity index is 811. The molecule has 0 aliphatic heterocycles. The SMILES string of the molecule is C/C=C/COc1ccc(OC(=O)C2CCC(C3CCC4CC(CC)CCC4C3)CC2)cc1F. The van der Waals surface area contributed by atoms with Crippen LogP contribution in [0.3, 0.4) is 0 Å². The van der Waals surface area contributed by atoms with E-state index in [1.807, 2.05) is 19.1 Å². The van der Waals surface area contributed by atoms with Crippen molar-refractivity contribution in [1.29, 1.82) is 0 Å². The van der Waals surface area contributed by atoms with E-state index in [0.29, 0.717) is 6.61 Å². The number of carbonyl (C=O) groups excluding carboxylic acids is 1. The van der Waals surface area contributed by atoms with E-state index in [9.17, 15) is 9.18 Å². The van der Waals surface area contributed by atoms with Crippen molar-refractivity contribution in [3.05, 3.63) is 36.2 Å². The first-order valence-corrected chi connectivity index (χ1v) is 13.3.